The number of aromatic carboxylic acids is 1. The van der Waals surface area contributed by atoms with E-state index in [4.69, 9.17) is 15.6 Å². The molecule has 0 aromatic heterocycles. The average Bonchev–Trinajstić information content (AvgIpc) is 2.35. The van der Waals surface area contributed by atoms with Crippen LogP contribution in [-0.4, -0.2) is 36.7 Å². The number of nitrogens with one attached hydrogen (secondary N) is 1. The van der Waals surface area contributed by atoms with Gasteiger partial charge in [-0.05, 0) is 18.2 Å². The van der Waals surface area contributed by atoms with Gasteiger partial charge in [-0.25, -0.2) is 9.18 Å². The molecule has 0 aliphatic rings. The first-order valence-corrected chi connectivity index (χ1v) is 5.53. The maximum atomic E-state index is 13.1. The van der Waals surface area contributed by atoms with Gasteiger partial charge in [0.15, 0.2) is 0 Å². The van der Waals surface area contributed by atoms with Crippen LogP contribution in [0.1, 0.15) is 16.8 Å². The standard InChI is InChI=1S/C12H15FN2O4/c1-19-8(6-14)5-11(16)15-10-4-7(13)2-3-9(10)12(17)18/h2-4,8H,5-6,14H2,1H3,(H,15,16)(H,17,18). The maximum absolute atomic E-state index is 13.1. The topological polar surface area (TPSA) is 102 Å². The first kappa shape index (κ1) is 15.1. The lowest BCUT2D eigenvalue weighted by atomic mass is 10.1. The van der Waals surface area contributed by atoms with Crippen molar-refractivity contribution in [2.75, 3.05) is 19.0 Å². The number of methoxy groups -OCH3 is 1. The third kappa shape index (κ3) is 4.31. The van der Waals surface area contributed by atoms with Crippen molar-refractivity contribution < 1.29 is 23.8 Å². The molecule has 0 spiro atoms. The van der Waals surface area contributed by atoms with E-state index in [1.165, 1.54) is 7.11 Å². The maximum Gasteiger partial charge on any atom is 0.337 e. The molecular formula is C12H15FN2O4. The van der Waals surface area contributed by atoms with E-state index in [2.05, 4.69) is 5.32 Å². The Bertz CT molecular complexity index is 475. The van der Waals surface area contributed by atoms with Crippen LogP contribution >= 0.6 is 0 Å². The summed E-state index contributed by atoms with van der Waals surface area (Å²) in [6, 6.07) is 3.05. The fourth-order valence-corrected chi connectivity index (χ4v) is 1.48. The molecule has 1 unspecified atom stereocenters. The smallest absolute Gasteiger partial charge is 0.337 e. The Balaban J connectivity index is 2.83. The molecule has 1 atom stereocenters. The number of hydrogen-bond acceptors (Lipinski definition) is 4. The summed E-state index contributed by atoms with van der Waals surface area (Å²) in [5.74, 6) is -2.38. The number of carbonyl (C=O) groups is 2. The number of carboxylic acid groups (broad SMARTS) is 1. The Kier molecular flexibility index (Phi) is 5.40. The van der Waals surface area contributed by atoms with E-state index in [-0.39, 0.29) is 24.2 Å². The van der Waals surface area contributed by atoms with Crippen molar-refractivity contribution in [1.29, 1.82) is 0 Å². The molecule has 1 amide bonds. The molecule has 1 rings (SSSR count). The third-order valence-corrected chi connectivity index (χ3v) is 2.50. The highest BCUT2D eigenvalue weighted by Crippen LogP contribution is 2.17. The first-order valence-electron chi connectivity index (χ1n) is 5.53. The van der Waals surface area contributed by atoms with Gasteiger partial charge in [0.05, 0.1) is 23.8 Å². The summed E-state index contributed by atoms with van der Waals surface area (Å²) in [7, 11) is 1.41. The molecule has 0 heterocycles. The predicted octanol–water partition coefficient (Wildman–Crippen LogP) is 0.826. The molecule has 0 saturated heterocycles. The van der Waals surface area contributed by atoms with Crippen LogP contribution < -0.4 is 11.1 Å². The molecule has 0 saturated carbocycles. The summed E-state index contributed by atoms with van der Waals surface area (Å²) in [5.41, 5.74) is 5.09. The van der Waals surface area contributed by atoms with Gasteiger partial charge in [0.1, 0.15) is 5.82 Å². The summed E-state index contributed by atoms with van der Waals surface area (Å²) in [5, 5.41) is 11.3. The molecule has 1 aromatic rings. The minimum absolute atomic E-state index is 0.0391. The quantitative estimate of drug-likeness (QED) is 0.710. The van der Waals surface area contributed by atoms with Crippen LogP contribution in [0.25, 0.3) is 0 Å². The SMILES string of the molecule is COC(CN)CC(=O)Nc1cc(F)ccc1C(=O)O. The van der Waals surface area contributed by atoms with Crippen molar-refractivity contribution >= 4 is 17.6 Å². The first-order chi connectivity index (χ1) is 8.97. The van der Waals surface area contributed by atoms with Crippen LogP contribution in [0.3, 0.4) is 0 Å². The van der Waals surface area contributed by atoms with Gasteiger partial charge in [0, 0.05) is 13.7 Å². The molecule has 104 valence electrons. The average molecular weight is 270 g/mol. The van der Waals surface area contributed by atoms with Gasteiger partial charge < -0.3 is 20.9 Å². The van der Waals surface area contributed by atoms with Crippen LogP contribution in [0.2, 0.25) is 0 Å². The Hall–Kier alpha value is -1.99. The number of nitrogens with two attached hydrogens (primary N) is 1. The van der Waals surface area contributed by atoms with Crippen molar-refractivity contribution in [2.45, 2.75) is 12.5 Å². The molecule has 0 radical (unpaired) electrons. The predicted molar refractivity (Wildman–Crippen MR) is 66.5 cm³/mol. The fourth-order valence-electron chi connectivity index (χ4n) is 1.48. The van der Waals surface area contributed by atoms with E-state index in [0.29, 0.717) is 0 Å². The van der Waals surface area contributed by atoms with Gasteiger partial charge >= 0.3 is 5.97 Å². The number of hydrogen-bond donors (Lipinski definition) is 3. The van der Waals surface area contributed by atoms with E-state index in [1.807, 2.05) is 0 Å². The van der Waals surface area contributed by atoms with E-state index in [9.17, 15) is 14.0 Å². The van der Waals surface area contributed by atoms with Crippen molar-refractivity contribution in [2.24, 2.45) is 5.73 Å². The largest absolute Gasteiger partial charge is 0.478 e. The Morgan fingerprint density at radius 3 is 2.74 bits per heavy atom. The number of benzene rings is 1. The summed E-state index contributed by atoms with van der Waals surface area (Å²) in [6.45, 7) is 0.152. The molecule has 6 nitrogen and oxygen atoms in total. The number of halogens is 1. The molecule has 1 aromatic carbocycles. The van der Waals surface area contributed by atoms with Gasteiger partial charge in [-0.3, -0.25) is 4.79 Å². The highest BCUT2D eigenvalue weighted by atomic mass is 19.1. The number of carbonyl (C=O) groups excluding carboxylic acids is 1. The van der Waals surface area contributed by atoms with Crippen molar-refractivity contribution in [3.05, 3.63) is 29.6 Å². The van der Waals surface area contributed by atoms with Crippen LogP contribution in [0.4, 0.5) is 10.1 Å². The molecule has 19 heavy (non-hydrogen) atoms. The lowest BCUT2D eigenvalue weighted by molar-refractivity contribution is -0.118. The second-order valence-corrected chi connectivity index (χ2v) is 3.84. The van der Waals surface area contributed by atoms with E-state index in [1.54, 1.807) is 0 Å². The summed E-state index contributed by atoms with van der Waals surface area (Å²) in [4.78, 5) is 22.6. The molecule has 0 aliphatic carbocycles. The van der Waals surface area contributed by atoms with E-state index < -0.39 is 23.8 Å². The monoisotopic (exact) mass is 270 g/mol. The molecule has 0 bridgehead atoms. The molecule has 7 heteroatoms. The zero-order valence-corrected chi connectivity index (χ0v) is 10.4. The minimum Gasteiger partial charge on any atom is -0.478 e. The van der Waals surface area contributed by atoms with Gasteiger partial charge in [0.2, 0.25) is 5.91 Å². The summed E-state index contributed by atoms with van der Waals surface area (Å²) in [6.07, 6.45) is -0.510. The van der Waals surface area contributed by atoms with E-state index >= 15 is 0 Å². The number of carboxylic acids is 1. The number of amides is 1. The molecule has 4 N–H and O–H groups in total. The summed E-state index contributed by atoms with van der Waals surface area (Å²) < 4.78 is 18.0. The number of ether oxygens (including phenoxy) is 1. The van der Waals surface area contributed by atoms with E-state index in [0.717, 1.165) is 18.2 Å². The van der Waals surface area contributed by atoms with Crippen molar-refractivity contribution in [3.63, 3.8) is 0 Å². The molecule has 0 aliphatic heterocycles. The van der Waals surface area contributed by atoms with Gasteiger partial charge in [0.25, 0.3) is 0 Å². The zero-order valence-electron chi connectivity index (χ0n) is 10.4. The second-order valence-electron chi connectivity index (χ2n) is 3.84. The Morgan fingerprint density at radius 2 is 2.21 bits per heavy atom. The third-order valence-electron chi connectivity index (χ3n) is 2.50. The van der Waals surface area contributed by atoms with Gasteiger partial charge in [-0.1, -0.05) is 0 Å². The van der Waals surface area contributed by atoms with Crippen LogP contribution in [0, 0.1) is 5.82 Å². The minimum atomic E-state index is -1.25. The number of anilines is 1. The Labute approximate surface area is 109 Å². The van der Waals surface area contributed by atoms with Crippen molar-refractivity contribution in [1.82, 2.24) is 0 Å². The normalized spacial score (nSPS) is 11.9. The van der Waals surface area contributed by atoms with Crippen LogP contribution in [-0.2, 0) is 9.53 Å². The van der Waals surface area contributed by atoms with Crippen LogP contribution in [0.15, 0.2) is 18.2 Å². The second kappa shape index (κ2) is 6.81. The van der Waals surface area contributed by atoms with Gasteiger partial charge in [-0.2, -0.15) is 0 Å². The molecule has 0 fully saturated rings. The Morgan fingerprint density at radius 1 is 1.53 bits per heavy atom. The highest BCUT2D eigenvalue weighted by molar-refractivity contribution is 6.00. The van der Waals surface area contributed by atoms with Crippen LogP contribution in [0.5, 0.6) is 0 Å². The summed E-state index contributed by atoms with van der Waals surface area (Å²) >= 11 is 0. The van der Waals surface area contributed by atoms with Crippen molar-refractivity contribution in [3.8, 4) is 0 Å². The lowest BCUT2D eigenvalue weighted by Gasteiger charge is -2.13. The zero-order chi connectivity index (χ0) is 14.4. The lowest BCUT2D eigenvalue weighted by Crippen LogP contribution is -2.28. The molecular weight excluding hydrogens is 255 g/mol. The number of rotatable bonds is 6. The fraction of sp³-hybridized carbons (Fsp3) is 0.333. The van der Waals surface area contributed by atoms with Gasteiger partial charge in [-0.15, -0.1) is 0 Å². The highest BCUT2D eigenvalue weighted by Gasteiger charge is 2.16.